The van der Waals surface area contributed by atoms with Crippen molar-refractivity contribution in [2.75, 3.05) is 5.32 Å². The van der Waals surface area contributed by atoms with Gasteiger partial charge in [-0.15, -0.1) is 0 Å². The minimum atomic E-state index is -4.00. The lowest BCUT2D eigenvalue weighted by Crippen LogP contribution is -2.41. The van der Waals surface area contributed by atoms with E-state index in [4.69, 9.17) is 16.0 Å². The van der Waals surface area contributed by atoms with E-state index in [1.807, 2.05) is 51.4 Å². The number of hydrogen-bond acceptors (Lipinski definition) is 7. The number of hydrogen-bond donors (Lipinski definition) is 2. The molecule has 9 nitrogen and oxygen atoms in total. The topological polar surface area (TPSA) is 119 Å². The third kappa shape index (κ3) is 5.60. The number of aromatic nitrogens is 3. The van der Waals surface area contributed by atoms with Crippen molar-refractivity contribution < 1.29 is 12.8 Å². The van der Waals surface area contributed by atoms with Crippen molar-refractivity contribution in [3.05, 3.63) is 81.2 Å². The van der Waals surface area contributed by atoms with Crippen LogP contribution in [0, 0.1) is 6.92 Å². The number of fused-ring (bicyclic) bond motifs is 2. The van der Waals surface area contributed by atoms with E-state index in [1.54, 1.807) is 37.6 Å². The fourth-order valence-corrected chi connectivity index (χ4v) is 6.43. The van der Waals surface area contributed by atoms with Crippen LogP contribution in [0.4, 0.5) is 5.69 Å². The molecule has 208 valence electrons. The van der Waals surface area contributed by atoms with Crippen LogP contribution in [0.25, 0.3) is 33.2 Å². The third-order valence-corrected chi connectivity index (χ3v) is 8.18. The van der Waals surface area contributed by atoms with Crippen molar-refractivity contribution in [1.82, 2.24) is 19.5 Å². The summed E-state index contributed by atoms with van der Waals surface area (Å²) in [6.07, 6.45) is 1.90. The van der Waals surface area contributed by atoms with Crippen molar-refractivity contribution in [3.63, 3.8) is 0 Å². The van der Waals surface area contributed by atoms with Gasteiger partial charge in [0.05, 0.1) is 22.6 Å². The lowest BCUT2D eigenvalue weighted by Gasteiger charge is -2.23. The number of nitrogens with zero attached hydrogens (tertiary/aromatic N) is 3. The zero-order valence-electron chi connectivity index (χ0n) is 23.0. The first-order valence-electron chi connectivity index (χ1n) is 12.7. The molecule has 5 aromatic rings. The molecule has 0 fully saturated rings. The molecule has 2 N–H and O–H groups in total. The molecule has 0 radical (unpaired) electrons. The summed E-state index contributed by atoms with van der Waals surface area (Å²) in [6.45, 7) is 9.00. The summed E-state index contributed by atoms with van der Waals surface area (Å²) in [6, 6.07) is 13.5. The average molecular weight is 580 g/mol. The van der Waals surface area contributed by atoms with Crippen molar-refractivity contribution in [3.8, 4) is 11.3 Å². The standard InChI is InChI=1S/C29H30ClN5O4S/c1-16-11-20(17(2)31-23-9-10-26(30)32-28(23)40(37,38)34-29(3,4)5)27-21(12-16)24(36)14-25(39-27)18-7-8-22-19(13-18)15-35(6)33-22/h7-15,17,31,34H,1-6H3/t17-/m1/s1. The summed E-state index contributed by atoms with van der Waals surface area (Å²) in [5, 5.41) is 8.86. The van der Waals surface area contributed by atoms with E-state index >= 15 is 0 Å². The second-order valence-electron chi connectivity index (χ2n) is 11.0. The highest BCUT2D eigenvalue weighted by Gasteiger charge is 2.28. The maximum absolute atomic E-state index is 13.3. The second kappa shape index (κ2) is 10.0. The van der Waals surface area contributed by atoms with Gasteiger partial charge in [0.25, 0.3) is 10.0 Å². The zero-order valence-corrected chi connectivity index (χ0v) is 24.6. The maximum atomic E-state index is 13.3. The minimum Gasteiger partial charge on any atom is -0.455 e. The highest BCUT2D eigenvalue weighted by molar-refractivity contribution is 7.89. The second-order valence-corrected chi connectivity index (χ2v) is 13.0. The Morgan fingerprint density at radius 3 is 2.55 bits per heavy atom. The Morgan fingerprint density at radius 2 is 1.82 bits per heavy atom. The van der Waals surface area contributed by atoms with Crippen LogP contribution < -0.4 is 15.5 Å². The SMILES string of the molecule is Cc1cc([C@@H](C)Nc2ccc(Cl)nc2S(=O)(=O)NC(C)(C)C)c2oc(-c3ccc4nn(C)cc4c3)cc(=O)c2c1. The normalized spacial score (nSPS) is 13.2. The van der Waals surface area contributed by atoms with E-state index in [0.29, 0.717) is 22.3 Å². The van der Waals surface area contributed by atoms with Gasteiger partial charge < -0.3 is 9.73 Å². The molecule has 3 aromatic heterocycles. The van der Waals surface area contributed by atoms with Crippen LogP contribution in [0.1, 0.15) is 44.9 Å². The summed E-state index contributed by atoms with van der Waals surface area (Å²) >= 11 is 6.09. The lowest BCUT2D eigenvalue weighted by atomic mass is 10.0. The Hall–Kier alpha value is -3.73. The minimum absolute atomic E-state index is 0.0507. The largest absolute Gasteiger partial charge is 0.455 e. The number of aryl methyl sites for hydroxylation is 2. The van der Waals surface area contributed by atoms with Gasteiger partial charge in [-0.3, -0.25) is 9.48 Å². The van der Waals surface area contributed by atoms with Gasteiger partial charge in [-0.2, -0.15) is 5.10 Å². The molecule has 2 aromatic carbocycles. The van der Waals surface area contributed by atoms with E-state index in [-0.39, 0.29) is 21.3 Å². The van der Waals surface area contributed by atoms with Gasteiger partial charge >= 0.3 is 0 Å². The summed E-state index contributed by atoms with van der Waals surface area (Å²) in [5.41, 5.74) is 2.93. The van der Waals surface area contributed by atoms with E-state index in [0.717, 1.165) is 22.0 Å². The Labute approximate surface area is 237 Å². The van der Waals surface area contributed by atoms with Crippen LogP contribution in [0.5, 0.6) is 0 Å². The van der Waals surface area contributed by atoms with Gasteiger partial charge in [-0.1, -0.05) is 17.7 Å². The average Bonchev–Trinajstić information content (AvgIpc) is 3.22. The van der Waals surface area contributed by atoms with Crippen molar-refractivity contribution >= 4 is 49.2 Å². The van der Waals surface area contributed by atoms with Crippen LogP contribution in [0.2, 0.25) is 5.15 Å². The van der Waals surface area contributed by atoms with Crippen molar-refractivity contribution in [2.24, 2.45) is 7.05 Å². The molecular formula is C29H30ClN5O4S. The first-order chi connectivity index (χ1) is 18.7. The molecule has 5 rings (SSSR count). The van der Waals surface area contributed by atoms with Crippen LogP contribution in [0.3, 0.4) is 0 Å². The van der Waals surface area contributed by atoms with Crippen molar-refractivity contribution in [2.45, 2.75) is 51.2 Å². The molecule has 0 spiro atoms. The molecule has 40 heavy (non-hydrogen) atoms. The molecule has 0 unspecified atom stereocenters. The van der Waals surface area contributed by atoms with Crippen LogP contribution in [-0.4, -0.2) is 28.7 Å². The highest BCUT2D eigenvalue weighted by atomic mass is 35.5. The first kappa shape index (κ1) is 27.8. The molecule has 11 heteroatoms. The van der Waals surface area contributed by atoms with Crippen LogP contribution in [-0.2, 0) is 17.1 Å². The Morgan fingerprint density at radius 1 is 1.07 bits per heavy atom. The van der Waals surface area contributed by atoms with Gasteiger partial charge in [0.1, 0.15) is 16.5 Å². The van der Waals surface area contributed by atoms with Gasteiger partial charge in [-0.05, 0) is 76.6 Å². The van der Waals surface area contributed by atoms with Gasteiger partial charge in [0.2, 0.25) is 0 Å². The summed E-state index contributed by atoms with van der Waals surface area (Å²) < 4.78 is 37.1. The molecule has 1 atom stereocenters. The number of nitrogens with one attached hydrogen (secondary N) is 2. The van der Waals surface area contributed by atoms with E-state index in [1.165, 1.54) is 12.1 Å². The fraction of sp³-hybridized carbons (Fsp3) is 0.276. The molecule has 0 amide bonds. The Kier molecular flexibility index (Phi) is 6.98. The van der Waals surface area contributed by atoms with Gasteiger partial charge in [-0.25, -0.2) is 18.1 Å². The zero-order chi connectivity index (χ0) is 29.0. The number of rotatable bonds is 6. The maximum Gasteiger partial charge on any atom is 0.260 e. The number of sulfonamides is 1. The smallest absolute Gasteiger partial charge is 0.260 e. The van der Waals surface area contributed by atoms with Crippen LogP contribution in [0.15, 0.2) is 69.0 Å². The predicted octanol–water partition coefficient (Wildman–Crippen LogP) is 5.95. The van der Waals surface area contributed by atoms with E-state index < -0.39 is 21.6 Å². The quantitative estimate of drug-likeness (QED) is 0.238. The predicted molar refractivity (Wildman–Crippen MR) is 158 cm³/mol. The number of halogens is 1. The van der Waals surface area contributed by atoms with Crippen LogP contribution >= 0.6 is 11.6 Å². The molecule has 0 saturated heterocycles. The first-order valence-corrected chi connectivity index (χ1v) is 14.6. The monoisotopic (exact) mass is 579 g/mol. The number of anilines is 1. The van der Waals surface area contributed by atoms with Crippen molar-refractivity contribution in [1.29, 1.82) is 0 Å². The summed E-state index contributed by atoms with van der Waals surface area (Å²) in [5.74, 6) is 0.423. The fourth-order valence-electron chi connectivity index (χ4n) is 4.70. The van der Waals surface area contributed by atoms with Gasteiger partial charge in [0.15, 0.2) is 10.5 Å². The van der Waals surface area contributed by atoms with E-state index in [9.17, 15) is 13.2 Å². The third-order valence-electron chi connectivity index (χ3n) is 6.26. The number of benzene rings is 2. The lowest BCUT2D eigenvalue weighted by molar-refractivity contribution is 0.490. The summed E-state index contributed by atoms with van der Waals surface area (Å²) in [4.78, 5) is 17.4. The molecule has 0 aliphatic carbocycles. The molecule has 0 bridgehead atoms. The van der Waals surface area contributed by atoms with Gasteiger partial charge in [0, 0.05) is 41.4 Å². The Bertz CT molecular complexity index is 1940. The highest BCUT2D eigenvalue weighted by Crippen LogP contribution is 2.33. The molecular weight excluding hydrogens is 550 g/mol. The van der Waals surface area contributed by atoms with E-state index in [2.05, 4.69) is 20.1 Å². The molecule has 0 aliphatic rings. The number of pyridine rings is 1. The molecule has 3 heterocycles. The Balaban J connectivity index is 1.60. The molecule has 0 aliphatic heterocycles. The summed E-state index contributed by atoms with van der Waals surface area (Å²) in [7, 11) is -2.15. The molecule has 0 saturated carbocycles.